The number of fused-ring (bicyclic) bond motifs is 1. The number of halogens is 5. The maximum Gasteiger partial charge on any atom is 0.410 e. The third kappa shape index (κ3) is 5.63. The van der Waals surface area contributed by atoms with E-state index in [9.17, 15) is 31.9 Å². The second-order valence-corrected chi connectivity index (χ2v) is 10.1. The zero-order valence-electron chi connectivity index (χ0n) is 21.3. The van der Waals surface area contributed by atoms with Gasteiger partial charge in [0.25, 0.3) is 5.91 Å². The zero-order chi connectivity index (χ0) is 29.4. The Bertz CT molecular complexity index is 1450. The Morgan fingerprint density at radius 1 is 1.15 bits per heavy atom. The fourth-order valence-corrected chi connectivity index (χ4v) is 5.60. The number of carbonyl (C=O) groups is 3. The number of rotatable bonds is 7. The Morgan fingerprint density at radius 3 is 2.38 bits per heavy atom. The molecule has 0 saturated carbocycles. The maximum absolute atomic E-state index is 14.1. The van der Waals surface area contributed by atoms with Crippen molar-refractivity contribution in [3.05, 3.63) is 62.4 Å². The van der Waals surface area contributed by atoms with Gasteiger partial charge >= 0.3 is 18.1 Å². The Morgan fingerprint density at radius 2 is 1.77 bits per heavy atom. The summed E-state index contributed by atoms with van der Waals surface area (Å²) in [5.74, 6) is -3.37. The first-order valence-corrected chi connectivity index (χ1v) is 13.2. The number of thiophene rings is 1. The van der Waals surface area contributed by atoms with E-state index in [0.29, 0.717) is 10.2 Å². The molecule has 0 radical (unpaired) electrons. The van der Waals surface area contributed by atoms with Gasteiger partial charge in [-0.2, -0.15) is 18.3 Å². The standard InChI is InChI=1S/C25H23ClF4N4O5S/c1-4-38-23(36)16-11(3)19(24(37)39-5-2)40-22(16)32-21(35)18-17(26)20-31-14(12-6-8-13(27)9-7-12)10-15(25(28,29)30)34(20)33-18/h6-9,14-15,31H,4-5,10H2,1-3H3,(H,32,35). The molecule has 0 aliphatic carbocycles. The van der Waals surface area contributed by atoms with E-state index in [0.717, 1.165) is 23.5 Å². The lowest BCUT2D eigenvalue weighted by Gasteiger charge is -2.33. The molecular formula is C25H23ClF4N4O5S. The molecule has 0 spiro atoms. The summed E-state index contributed by atoms with van der Waals surface area (Å²) >= 11 is 7.13. The van der Waals surface area contributed by atoms with Gasteiger partial charge in [0.2, 0.25) is 0 Å². The van der Waals surface area contributed by atoms with Gasteiger partial charge in [0.1, 0.15) is 26.5 Å². The Labute approximate surface area is 234 Å². The van der Waals surface area contributed by atoms with Crippen molar-refractivity contribution in [1.29, 1.82) is 0 Å². The summed E-state index contributed by atoms with van der Waals surface area (Å²) < 4.78 is 66.3. The number of amides is 1. The summed E-state index contributed by atoms with van der Waals surface area (Å²) in [7, 11) is 0. The molecule has 0 bridgehead atoms. The number of alkyl halides is 3. The van der Waals surface area contributed by atoms with E-state index < -0.39 is 59.1 Å². The van der Waals surface area contributed by atoms with Crippen LogP contribution in [0, 0.1) is 12.7 Å². The molecule has 9 nitrogen and oxygen atoms in total. The SMILES string of the molecule is CCOC(=O)c1sc(NC(=O)c2nn3c(c2Cl)NC(c2ccc(F)cc2)CC3C(F)(F)F)c(C(=O)OCC)c1C. The van der Waals surface area contributed by atoms with Crippen LogP contribution < -0.4 is 10.6 Å². The van der Waals surface area contributed by atoms with E-state index in [1.165, 1.54) is 19.1 Å². The van der Waals surface area contributed by atoms with Gasteiger partial charge in [-0.3, -0.25) is 4.79 Å². The van der Waals surface area contributed by atoms with Gasteiger partial charge in [0.05, 0.1) is 24.8 Å². The minimum Gasteiger partial charge on any atom is -0.462 e. The van der Waals surface area contributed by atoms with Crippen LogP contribution in [0.1, 0.15) is 74.0 Å². The van der Waals surface area contributed by atoms with Crippen molar-refractivity contribution in [3.8, 4) is 0 Å². The van der Waals surface area contributed by atoms with Crippen molar-refractivity contribution < 1.29 is 41.4 Å². The highest BCUT2D eigenvalue weighted by Crippen LogP contribution is 2.46. The van der Waals surface area contributed by atoms with Gasteiger partial charge in [-0.05, 0) is 44.0 Å². The van der Waals surface area contributed by atoms with Crippen LogP contribution in [0.25, 0.3) is 0 Å². The molecule has 2 N–H and O–H groups in total. The van der Waals surface area contributed by atoms with E-state index in [-0.39, 0.29) is 40.0 Å². The molecule has 4 rings (SSSR count). The van der Waals surface area contributed by atoms with Crippen LogP contribution in [0.5, 0.6) is 0 Å². The number of anilines is 2. The molecule has 15 heteroatoms. The second-order valence-electron chi connectivity index (χ2n) is 8.65. The predicted octanol–water partition coefficient (Wildman–Crippen LogP) is 6.31. The minimum absolute atomic E-state index is 0.00949. The highest BCUT2D eigenvalue weighted by Gasteiger charge is 2.48. The van der Waals surface area contributed by atoms with Crippen molar-refractivity contribution >= 4 is 51.6 Å². The number of ether oxygens (including phenoxy) is 2. The van der Waals surface area contributed by atoms with Crippen LogP contribution in [-0.4, -0.2) is 47.0 Å². The first kappa shape index (κ1) is 29.3. The number of aromatic nitrogens is 2. The van der Waals surface area contributed by atoms with Crippen LogP contribution in [0.2, 0.25) is 5.02 Å². The number of benzene rings is 1. The summed E-state index contributed by atoms with van der Waals surface area (Å²) in [5, 5.41) is 8.69. The molecule has 1 aliphatic heterocycles. The molecule has 40 heavy (non-hydrogen) atoms. The van der Waals surface area contributed by atoms with E-state index in [4.69, 9.17) is 21.1 Å². The average molecular weight is 603 g/mol. The summed E-state index contributed by atoms with van der Waals surface area (Å²) in [6.07, 6.45) is -5.25. The van der Waals surface area contributed by atoms with Crippen LogP contribution in [0.3, 0.4) is 0 Å². The van der Waals surface area contributed by atoms with Crippen LogP contribution in [0.4, 0.5) is 28.4 Å². The lowest BCUT2D eigenvalue weighted by atomic mass is 9.97. The summed E-state index contributed by atoms with van der Waals surface area (Å²) in [6.45, 7) is 4.72. The van der Waals surface area contributed by atoms with Crippen molar-refractivity contribution in [2.75, 3.05) is 23.8 Å². The number of carbonyl (C=O) groups excluding carboxylic acids is 3. The fraction of sp³-hybridized carbons (Fsp3) is 0.360. The molecule has 1 amide bonds. The molecule has 1 aromatic carbocycles. The number of nitrogens with zero attached hydrogens (tertiary/aromatic N) is 2. The normalized spacial score (nSPS) is 16.6. The summed E-state index contributed by atoms with van der Waals surface area (Å²) in [4.78, 5) is 38.3. The van der Waals surface area contributed by atoms with Crippen molar-refractivity contribution in [2.45, 2.75) is 45.5 Å². The van der Waals surface area contributed by atoms with Crippen molar-refractivity contribution in [2.24, 2.45) is 0 Å². The van der Waals surface area contributed by atoms with Gasteiger partial charge in [-0.15, -0.1) is 11.3 Å². The third-order valence-electron chi connectivity index (χ3n) is 6.10. The maximum atomic E-state index is 14.1. The van der Waals surface area contributed by atoms with E-state index in [1.54, 1.807) is 13.8 Å². The number of esters is 2. The molecule has 1 aliphatic rings. The molecule has 0 saturated heterocycles. The number of hydrogen-bond acceptors (Lipinski definition) is 8. The van der Waals surface area contributed by atoms with Crippen molar-refractivity contribution in [1.82, 2.24) is 9.78 Å². The Balaban J connectivity index is 1.72. The van der Waals surface area contributed by atoms with Crippen LogP contribution >= 0.6 is 22.9 Å². The minimum atomic E-state index is -4.76. The molecule has 214 valence electrons. The molecule has 3 heterocycles. The van der Waals surface area contributed by atoms with E-state index >= 15 is 0 Å². The fourth-order valence-electron chi connectivity index (χ4n) is 4.25. The smallest absolute Gasteiger partial charge is 0.410 e. The first-order valence-electron chi connectivity index (χ1n) is 12.0. The van der Waals surface area contributed by atoms with E-state index in [2.05, 4.69) is 15.7 Å². The first-order chi connectivity index (χ1) is 18.9. The molecule has 2 unspecified atom stereocenters. The van der Waals surface area contributed by atoms with Gasteiger partial charge in [0, 0.05) is 6.42 Å². The van der Waals surface area contributed by atoms with Crippen LogP contribution in [-0.2, 0) is 9.47 Å². The molecule has 2 aromatic heterocycles. The molecule has 2 atom stereocenters. The quantitative estimate of drug-likeness (QED) is 0.241. The summed E-state index contributed by atoms with van der Waals surface area (Å²) in [5.41, 5.74) is -0.0686. The summed E-state index contributed by atoms with van der Waals surface area (Å²) in [6, 6.07) is 1.90. The van der Waals surface area contributed by atoms with Crippen molar-refractivity contribution in [3.63, 3.8) is 0 Å². The average Bonchev–Trinajstić information content (AvgIpc) is 3.40. The van der Waals surface area contributed by atoms with Gasteiger partial charge < -0.3 is 20.1 Å². The molecular weight excluding hydrogens is 580 g/mol. The lowest BCUT2D eigenvalue weighted by Crippen LogP contribution is -2.35. The zero-order valence-corrected chi connectivity index (χ0v) is 22.9. The Hall–Kier alpha value is -3.65. The predicted molar refractivity (Wildman–Crippen MR) is 139 cm³/mol. The molecule has 0 fully saturated rings. The van der Waals surface area contributed by atoms with Gasteiger partial charge in [0.15, 0.2) is 11.7 Å². The third-order valence-corrected chi connectivity index (χ3v) is 7.64. The largest absolute Gasteiger partial charge is 0.462 e. The number of hydrogen-bond donors (Lipinski definition) is 2. The van der Waals surface area contributed by atoms with Crippen LogP contribution in [0.15, 0.2) is 24.3 Å². The lowest BCUT2D eigenvalue weighted by molar-refractivity contribution is -0.173. The topological polar surface area (TPSA) is 112 Å². The second kappa shape index (κ2) is 11.5. The molecule has 3 aromatic rings. The van der Waals surface area contributed by atoms with E-state index in [1.807, 2.05) is 0 Å². The van der Waals surface area contributed by atoms with Gasteiger partial charge in [-0.25, -0.2) is 18.7 Å². The highest BCUT2D eigenvalue weighted by atomic mass is 35.5. The monoisotopic (exact) mass is 602 g/mol. The highest BCUT2D eigenvalue weighted by molar-refractivity contribution is 7.18. The number of nitrogens with one attached hydrogen (secondary N) is 2. The van der Waals surface area contributed by atoms with Gasteiger partial charge in [-0.1, -0.05) is 23.7 Å². The Kier molecular flexibility index (Phi) is 8.40.